The Morgan fingerprint density at radius 1 is 1.38 bits per heavy atom. The van der Waals surface area contributed by atoms with Crippen molar-refractivity contribution in [3.63, 3.8) is 0 Å². The number of benzene rings is 1. The number of halogens is 1. The van der Waals surface area contributed by atoms with Crippen molar-refractivity contribution < 1.29 is 9.84 Å². The molecule has 4 heteroatoms. The second-order valence-electron chi connectivity index (χ2n) is 4.34. The van der Waals surface area contributed by atoms with Crippen LogP contribution in [-0.4, -0.2) is 12.2 Å². The Labute approximate surface area is 104 Å². The van der Waals surface area contributed by atoms with Crippen LogP contribution in [0.2, 0.25) is 0 Å². The van der Waals surface area contributed by atoms with Crippen LogP contribution in [0, 0.1) is 0 Å². The van der Waals surface area contributed by atoms with Gasteiger partial charge in [-0.2, -0.15) is 0 Å². The number of methoxy groups -OCH3 is 1. The lowest BCUT2D eigenvalue weighted by atomic mass is 9.88. The number of phenolic OH excluding ortho intramolecular Hbond substituents is 1. The fourth-order valence-electron chi connectivity index (χ4n) is 2.47. The molecule has 3 nitrogen and oxygen atoms in total. The first-order valence-corrected chi connectivity index (χ1v) is 6.22. The summed E-state index contributed by atoms with van der Waals surface area (Å²) >= 11 is 3.50. The molecule has 1 aromatic carbocycles. The average molecular weight is 286 g/mol. The number of ether oxygens (including phenoxy) is 1. The van der Waals surface area contributed by atoms with E-state index in [1.54, 1.807) is 13.2 Å². The van der Waals surface area contributed by atoms with Crippen LogP contribution in [0.15, 0.2) is 16.6 Å². The first-order valence-electron chi connectivity index (χ1n) is 5.43. The molecule has 0 atom stereocenters. The van der Waals surface area contributed by atoms with Crippen molar-refractivity contribution in [2.45, 2.75) is 31.2 Å². The van der Waals surface area contributed by atoms with Gasteiger partial charge in [0, 0.05) is 15.6 Å². The Hall–Kier alpha value is -0.740. The number of nitrogens with two attached hydrogens (primary N) is 1. The van der Waals surface area contributed by atoms with E-state index < -0.39 is 0 Å². The molecule has 1 aromatic rings. The fourth-order valence-corrected chi connectivity index (χ4v) is 3.18. The van der Waals surface area contributed by atoms with Gasteiger partial charge in [-0.05, 0) is 25.0 Å². The maximum absolute atomic E-state index is 9.79. The monoisotopic (exact) mass is 285 g/mol. The molecule has 0 amide bonds. The standard InChI is InChI=1S/C12H16BrNO2/c1-16-11-9(15)5-4-8(13)10(11)12(14)6-2-3-7-12/h4-5,15H,2-3,6-7,14H2,1H3. The molecule has 1 fully saturated rings. The molecule has 0 spiro atoms. The summed E-state index contributed by atoms with van der Waals surface area (Å²) in [7, 11) is 1.56. The second kappa shape index (κ2) is 4.26. The van der Waals surface area contributed by atoms with E-state index in [-0.39, 0.29) is 11.3 Å². The Kier molecular flexibility index (Phi) is 3.13. The molecule has 0 aromatic heterocycles. The highest BCUT2D eigenvalue weighted by molar-refractivity contribution is 9.10. The zero-order valence-corrected chi connectivity index (χ0v) is 10.9. The molecule has 1 saturated carbocycles. The van der Waals surface area contributed by atoms with Crippen molar-refractivity contribution in [3.8, 4) is 11.5 Å². The molecule has 1 aliphatic carbocycles. The third-order valence-corrected chi connectivity index (χ3v) is 3.94. The smallest absolute Gasteiger partial charge is 0.166 e. The van der Waals surface area contributed by atoms with Crippen LogP contribution in [0.25, 0.3) is 0 Å². The third-order valence-electron chi connectivity index (χ3n) is 3.28. The highest BCUT2D eigenvalue weighted by Crippen LogP contribution is 2.47. The SMILES string of the molecule is COc1c(O)ccc(Br)c1C1(N)CCCC1. The summed E-state index contributed by atoms with van der Waals surface area (Å²) < 4.78 is 6.18. The lowest BCUT2D eigenvalue weighted by molar-refractivity contribution is 0.348. The van der Waals surface area contributed by atoms with Gasteiger partial charge in [-0.25, -0.2) is 0 Å². The molecule has 0 unspecified atom stereocenters. The maximum atomic E-state index is 9.79. The van der Waals surface area contributed by atoms with Crippen molar-refractivity contribution in [1.29, 1.82) is 0 Å². The van der Waals surface area contributed by atoms with Gasteiger partial charge in [-0.1, -0.05) is 28.8 Å². The quantitative estimate of drug-likeness (QED) is 0.879. The maximum Gasteiger partial charge on any atom is 0.166 e. The Morgan fingerprint density at radius 3 is 2.56 bits per heavy atom. The van der Waals surface area contributed by atoms with Gasteiger partial charge in [0.25, 0.3) is 0 Å². The van der Waals surface area contributed by atoms with Crippen molar-refractivity contribution in [1.82, 2.24) is 0 Å². The predicted octanol–water partition coefficient (Wildman–Crippen LogP) is 2.89. The number of hydrogen-bond acceptors (Lipinski definition) is 3. The van der Waals surface area contributed by atoms with Crippen molar-refractivity contribution in [2.24, 2.45) is 5.73 Å². The molecule has 88 valence electrons. The van der Waals surface area contributed by atoms with Crippen molar-refractivity contribution in [3.05, 3.63) is 22.2 Å². The molecule has 0 radical (unpaired) electrons. The summed E-state index contributed by atoms with van der Waals surface area (Å²) in [6, 6.07) is 3.44. The summed E-state index contributed by atoms with van der Waals surface area (Å²) in [5.74, 6) is 0.649. The molecule has 0 heterocycles. The van der Waals surface area contributed by atoms with E-state index in [9.17, 15) is 5.11 Å². The van der Waals surface area contributed by atoms with Gasteiger partial charge in [0.05, 0.1) is 7.11 Å². The normalized spacial score (nSPS) is 18.7. The summed E-state index contributed by atoms with van der Waals surface area (Å²) in [6.45, 7) is 0. The molecule has 1 aliphatic rings. The molecule has 0 bridgehead atoms. The minimum atomic E-state index is -0.372. The van der Waals surface area contributed by atoms with Crippen LogP contribution < -0.4 is 10.5 Å². The number of aromatic hydroxyl groups is 1. The van der Waals surface area contributed by atoms with Crippen LogP contribution in [0.3, 0.4) is 0 Å². The second-order valence-corrected chi connectivity index (χ2v) is 5.19. The topological polar surface area (TPSA) is 55.5 Å². The molecule has 3 N–H and O–H groups in total. The van der Waals surface area contributed by atoms with E-state index in [4.69, 9.17) is 10.5 Å². The molecular formula is C12H16BrNO2. The van der Waals surface area contributed by atoms with Crippen LogP contribution in [0.5, 0.6) is 11.5 Å². The van der Waals surface area contributed by atoms with Gasteiger partial charge < -0.3 is 15.6 Å². The largest absolute Gasteiger partial charge is 0.504 e. The van der Waals surface area contributed by atoms with Gasteiger partial charge in [-0.3, -0.25) is 0 Å². The van der Waals surface area contributed by atoms with Crippen molar-refractivity contribution >= 4 is 15.9 Å². The minimum Gasteiger partial charge on any atom is -0.504 e. The number of phenols is 1. The molecule has 0 saturated heterocycles. The predicted molar refractivity (Wildman–Crippen MR) is 66.7 cm³/mol. The minimum absolute atomic E-state index is 0.150. The van der Waals surface area contributed by atoms with Gasteiger partial charge in [0.15, 0.2) is 11.5 Å². The van der Waals surface area contributed by atoms with E-state index in [2.05, 4.69) is 15.9 Å². The lowest BCUT2D eigenvalue weighted by Gasteiger charge is -2.27. The van der Waals surface area contributed by atoms with Crippen LogP contribution in [0.4, 0.5) is 0 Å². The Bertz CT molecular complexity index is 400. The Morgan fingerprint density at radius 2 is 2.00 bits per heavy atom. The zero-order valence-electron chi connectivity index (χ0n) is 9.29. The third kappa shape index (κ3) is 1.80. The summed E-state index contributed by atoms with van der Waals surface area (Å²) in [6.07, 6.45) is 4.13. The average Bonchev–Trinajstić information content (AvgIpc) is 2.69. The van der Waals surface area contributed by atoms with Crippen molar-refractivity contribution in [2.75, 3.05) is 7.11 Å². The number of rotatable bonds is 2. The molecule has 0 aliphatic heterocycles. The van der Waals surface area contributed by atoms with E-state index in [1.165, 1.54) is 0 Å². The Balaban J connectivity index is 2.57. The molecular weight excluding hydrogens is 270 g/mol. The number of hydrogen-bond donors (Lipinski definition) is 2. The summed E-state index contributed by atoms with van der Waals surface area (Å²) in [5.41, 5.74) is 6.93. The van der Waals surface area contributed by atoms with Gasteiger partial charge >= 0.3 is 0 Å². The first-order chi connectivity index (χ1) is 7.58. The van der Waals surface area contributed by atoms with Crippen LogP contribution in [0.1, 0.15) is 31.2 Å². The van der Waals surface area contributed by atoms with Gasteiger partial charge in [-0.15, -0.1) is 0 Å². The molecule has 2 rings (SSSR count). The van der Waals surface area contributed by atoms with E-state index >= 15 is 0 Å². The summed E-state index contributed by atoms with van der Waals surface area (Å²) in [5, 5.41) is 9.79. The molecule has 16 heavy (non-hydrogen) atoms. The zero-order chi connectivity index (χ0) is 11.8. The van der Waals surface area contributed by atoms with Crippen LogP contribution in [-0.2, 0) is 5.54 Å². The fraction of sp³-hybridized carbons (Fsp3) is 0.500. The van der Waals surface area contributed by atoms with Crippen LogP contribution >= 0.6 is 15.9 Å². The van der Waals surface area contributed by atoms with E-state index in [0.717, 1.165) is 35.7 Å². The lowest BCUT2D eigenvalue weighted by Crippen LogP contribution is -2.34. The summed E-state index contributed by atoms with van der Waals surface area (Å²) in [4.78, 5) is 0. The highest BCUT2D eigenvalue weighted by Gasteiger charge is 2.36. The van der Waals surface area contributed by atoms with E-state index in [1.807, 2.05) is 6.07 Å². The first kappa shape index (κ1) is 11.7. The van der Waals surface area contributed by atoms with E-state index in [0.29, 0.717) is 5.75 Å². The highest BCUT2D eigenvalue weighted by atomic mass is 79.9. The van der Waals surface area contributed by atoms with Gasteiger partial charge in [0.1, 0.15) is 0 Å². The van der Waals surface area contributed by atoms with Gasteiger partial charge in [0.2, 0.25) is 0 Å².